The average molecular weight is 611 g/mol. The molecule has 6 aromatic rings. The highest BCUT2D eigenvalue weighted by Gasteiger charge is 2.09. The fraction of sp³-hybridized carbons (Fsp3) is 0.200. The van der Waals surface area contributed by atoms with Gasteiger partial charge in [0.1, 0.15) is 13.2 Å². The molecule has 0 fully saturated rings. The lowest BCUT2D eigenvalue weighted by molar-refractivity contribution is -0.699. The molecule has 6 rings (SSSR count). The number of aromatic nitrogens is 4. The van der Waals surface area contributed by atoms with Crippen LogP contribution in [0.1, 0.15) is 11.1 Å². The molecule has 0 N–H and O–H groups in total. The molecule has 6 heteroatoms. The third-order valence-electron chi connectivity index (χ3n) is 8.01. The van der Waals surface area contributed by atoms with Gasteiger partial charge in [-0.2, -0.15) is 0 Å². The molecule has 0 atom stereocenters. The van der Waals surface area contributed by atoms with E-state index in [4.69, 9.17) is 9.47 Å². The second kappa shape index (κ2) is 16.3. The van der Waals surface area contributed by atoms with E-state index in [1.54, 1.807) is 0 Å². The molecule has 0 aliphatic carbocycles. The SMILES string of the molecule is c1ccc(C[n+]2ccc(-c3cc[n+](CCOCCOCC[n+]4ccc(-c5cc[n+](Cc6ccccc6)cc5)cc4)cc3)cc2)cc1. The van der Waals surface area contributed by atoms with Crippen LogP contribution in [0.15, 0.2) is 159 Å². The molecule has 0 saturated carbocycles. The third kappa shape index (κ3) is 9.24. The second-order valence-electron chi connectivity index (χ2n) is 11.4. The van der Waals surface area contributed by atoms with Gasteiger partial charge in [-0.15, -0.1) is 0 Å². The van der Waals surface area contributed by atoms with Crippen LogP contribution in [0.4, 0.5) is 0 Å². The second-order valence-corrected chi connectivity index (χ2v) is 11.4. The quantitative estimate of drug-likeness (QED) is 0.121. The van der Waals surface area contributed by atoms with Crippen LogP contribution in [0.5, 0.6) is 0 Å². The topological polar surface area (TPSA) is 34.0 Å². The fourth-order valence-electron chi connectivity index (χ4n) is 5.36. The van der Waals surface area contributed by atoms with Gasteiger partial charge < -0.3 is 9.47 Å². The van der Waals surface area contributed by atoms with Gasteiger partial charge in [0.25, 0.3) is 0 Å². The number of hydrogen-bond donors (Lipinski definition) is 0. The lowest BCUT2D eigenvalue weighted by atomic mass is 10.1. The highest BCUT2D eigenvalue weighted by Crippen LogP contribution is 2.17. The Balaban J connectivity index is 0.845. The van der Waals surface area contributed by atoms with Crippen LogP contribution in [0, 0.1) is 0 Å². The molecule has 2 aromatic carbocycles. The zero-order valence-electron chi connectivity index (χ0n) is 26.3. The summed E-state index contributed by atoms with van der Waals surface area (Å²) in [7, 11) is 0. The Labute approximate surface area is 272 Å². The van der Waals surface area contributed by atoms with E-state index < -0.39 is 0 Å². The Morgan fingerprint density at radius 2 is 0.630 bits per heavy atom. The Bertz CT molecular complexity index is 1610. The van der Waals surface area contributed by atoms with Crippen LogP contribution in [0.3, 0.4) is 0 Å². The summed E-state index contributed by atoms with van der Waals surface area (Å²) < 4.78 is 20.3. The van der Waals surface area contributed by atoms with Crippen LogP contribution in [-0.4, -0.2) is 26.4 Å². The van der Waals surface area contributed by atoms with E-state index in [0.717, 1.165) is 26.2 Å². The van der Waals surface area contributed by atoms with Crippen LogP contribution in [0.2, 0.25) is 0 Å². The van der Waals surface area contributed by atoms with Crippen LogP contribution >= 0.6 is 0 Å². The van der Waals surface area contributed by atoms with Crippen molar-refractivity contribution in [3.05, 3.63) is 170 Å². The summed E-state index contributed by atoms with van der Waals surface area (Å²) in [5.41, 5.74) is 7.43. The molecule has 4 aromatic heterocycles. The van der Waals surface area contributed by atoms with Crippen molar-refractivity contribution in [2.75, 3.05) is 26.4 Å². The third-order valence-corrected chi connectivity index (χ3v) is 8.01. The number of hydrogen-bond acceptors (Lipinski definition) is 2. The molecule has 0 bridgehead atoms. The van der Waals surface area contributed by atoms with E-state index in [1.807, 2.05) is 0 Å². The maximum absolute atomic E-state index is 5.82. The monoisotopic (exact) mass is 610 g/mol. The molecule has 230 valence electrons. The Hall–Kier alpha value is -5.04. The van der Waals surface area contributed by atoms with E-state index in [1.165, 1.54) is 33.4 Å². The van der Waals surface area contributed by atoms with Crippen LogP contribution < -0.4 is 18.3 Å². The molecule has 0 aliphatic rings. The van der Waals surface area contributed by atoms with Crippen molar-refractivity contribution in [3.63, 3.8) is 0 Å². The minimum absolute atomic E-state index is 0.591. The van der Waals surface area contributed by atoms with Crippen molar-refractivity contribution in [2.24, 2.45) is 0 Å². The van der Waals surface area contributed by atoms with Crippen molar-refractivity contribution < 1.29 is 27.7 Å². The summed E-state index contributed by atoms with van der Waals surface area (Å²) >= 11 is 0. The lowest BCUT2D eigenvalue weighted by Crippen LogP contribution is -2.36. The van der Waals surface area contributed by atoms with Crippen molar-refractivity contribution in [3.8, 4) is 22.3 Å². The molecular formula is C40H42N4O2+4. The van der Waals surface area contributed by atoms with Gasteiger partial charge in [-0.1, -0.05) is 60.7 Å². The molecule has 4 heterocycles. The standard InChI is InChI=1S/C40H42N4O2/c1-3-7-35(8-4-1)33-43-23-15-39(16-24-43)37-11-19-41(20-12-37)27-29-45-31-32-46-30-28-42-21-13-38(14-22-42)40-17-25-44(26-18-40)34-36-9-5-2-6-10-36/h1-26H,27-34H2/q+4. The van der Waals surface area contributed by atoms with Gasteiger partial charge in [0, 0.05) is 59.7 Å². The molecule has 0 amide bonds. The largest absolute Gasteiger partial charge is 0.372 e. The first-order chi connectivity index (χ1) is 22.8. The first-order valence-electron chi connectivity index (χ1n) is 16.0. The normalized spacial score (nSPS) is 11.0. The average Bonchev–Trinajstić information content (AvgIpc) is 3.12. The van der Waals surface area contributed by atoms with Gasteiger partial charge in [-0.05, 0) is 22.3 Å². The van der Waals surface area contributed by atoms with E-state index in [-0.39, 0.29) is 0 Å². The predicted molar refractivity (Wildman–Crippen MR) is 177 cm³/mol. The van der Waals surface area contributed by atoms with E-state index >= 15 is 0 Å². The van der Waals surface area contributed by atoms with Crippen LogP contribution in [-0.2, 0) is 35.7 Å². The van der Waals surface area contributed by atoms with E-state index in [9.17, 15) is 0 Å². The molecular weight excluding hydrogens is 568 g/mol. The number of rotatable bonds is 15. The van der Waals surface area contributed by atoms with Crippen molar-refractivity contribution in [1.29, 1.82) is 0 Å². The van der Waals surface area contributed by atoms with Gasteiger partial charge in [0.2, 0.25) is 0 Å². The molecule has 0 saturated heterocycles. The predicted octanol–water partition coefficient (Wildman–Crippen LogP) is 5.00. The van der Waals surface area contributed by atoms with Gasteiger partial charge in [-0.3, -0.25) is 0 Å². The van der Waals surface area contributed by atoms with Crippen LogP contribution in [0.25, 0.3) is 22.3 Å². The lowest BCUT2D eigenvalue weighted by Gasteiger charge is -2.05. The summed E-state index contributed by atoms with van der Waals surface area (Å²) in [6.45, 7) is 5.85. The number of pyridine rings is 4. The minimum Gasteiger partial charge on any atom is -0.372 e. The maximum Gasteiger partial charge on any atom is 0.173 e. The summed E-state index contributed by atoms with van der Waals surface area (Å²) in [5, 5.41) is 0. The minimum atomic E-state index is 0.591. The number of nitrogens with zero attached hydrogens (tertiary/aromatic N) is 4. The van der Waals surface area contributed by atoms with Crippen molar-refractivity contribution in [2.45, 2.75) is 26.2 Å². The Morgan fingerprint density at radius 1 is 0.326 bits per heavy atom. The van der Waals surface area contributed by atoms with Crippen molar-refractivity contribution in [1.82, 2.24) is 0 Å². The molecule has 0 aliphatic heterocycles. The van der Waals surface area contributed by atoms with E-state index in [2.05, 4.69) is 177 Å². The highest BCUT2D eigenvalue weighted by molar-refractivity contribution is 5.61. The zero-order valence-corrected chi connectivity index (χ0v) is 26.3. The van der Waals surface area contributed by atoms with Gasteiger partial charge >= 0.3 is 0 Å². The summed E-state index contributed by atoms with van der Waals surface area (Å²) in [4.78, 5) is 0. The summed E-state index contributed by atoms with van der Waals surface area (Å²) in [5.74, 6) is 0. The zero-order chi connectivity index (χ0) is 31.2. The molecule has 0 unspecified atom stereocenters. The smallest absolute Gasteiger partial charge is 0.173 e. The number of benzene rings is 2. The van der Waals surface area contributed by atoms with E-state index in [0.29, 0.717) is 26.4 Å². The maximum atomic E-state index is 5.82. The summed E-state index contributed by atoms with van der Waals surface area (Å²) in [6, 6.07) is 38.4. The molecule has 0 spiro atoms. The highest BCUT2D eigenvalue weighted by atomic mass is 16.5. The fourth-order valence-corrected chi connectivity index (χ4v) is 5.36. The Kier molecular flexibility index (Phi) is 11.0. The molecule has 46 heavy (non-hydrogen) atoms. The first-order valence-corrected chi connectivity index (χ1v) is 16.0. The van der Waals surface area contributed by atoms with Gasteiger partial charge in [0.05, 0.1) is 13.2 Å². The van der Waals surface area contributed by atoms with Gasteiger partial charge in [0.15, 0.2) is 75.8 Å². The van der Waals surface area contributed by atoms with Crippen molar-refractivity contribution >= 4 is 0 Å². The Morgan fingerprint density at radius 3 is 0.957 bits per heavy atom. The summed E-state index contributed by atoms with van der Waals surface area (Å²) in [6.07, 6.45) is 17.0. The number of ether oxygens (including phenoxy) is 2. The van der Waals surface area contributed by atoms with Gasteiger partial charge in [-0.25, -0.2) is 18.3 Å². The molecule has 6 nitrogen and oxygen atoms in total. The molecule has 0 radical (unpaired) electrons. The first kappa shape index (κ1) is 31.0.